The Bertz CT molecular complexity index is 265. The third kappa shape index (κ3) is 2.77. The van der Waals surface area contributed by atoms with Crippen LogP contribution in [0.2, 0.25) is 0 Å². The van der Waals surface area contributed by atoms with Crippen molar-refractivity contribution in [2.75, 3.05) is 7.11 Å². The summed E-state index contributed by atoms with van der Waals surface area (Å²) in [4.78, 5) is 22.1. The van der Waals surface area contributed by atoms with Crippen LogP contribution in [-0.2, 0) is 9.53 Å². The van der Waals surface area contributed by atoms with Crippen molar-refractivity contribution < 1.29 is 14.3 Å². The molecular weight excluding hydrogens is 202 g/mol. The van der Waals surface area contributed by atoms with Crippen LogP contribution in [0.25, 0.3) is 0 Å². The molecule has 0 aromatic heterocycles. The molecule has 0 saturated carbocycles. The van der Waals surface area contributed by atoms with E-state index in [0.29, 0.717) is 6.42 Å². The fourth-order valence-electron chi connectivity index (χ4n) is 1.54. The molecule has 0 aliphatic heterocycles. The minimum atomic E-state index is -0.435. The molecule has 1 amide bonds. The van der Waals surface area contributed by atoms with Gasteiger partial charge in [-0.05, 0) is 12.8 Å². The third-order valence-corrected chi connectivity index (χ3v) is 2.34. The summed E-state index contributed by atoms with van der Waals surface area (Å²) < 4.78 is 4.65. The van der Waals surface area contributed by atoms with E-state index < -0.39 is 5.24 Å². The Morgan fingerprint density at radius 1 is 1.57 bits per heavy atom. The second-order valence-corrected chi connectivity index (χ2v) is 3.52. The molecule has 2 unspecified atom stereocenters. The molecule has 0 fully saturated rings. The van der Waals surface area contributed by atoms with E-state index in [2.05, 4.69) is 22.7 Å². The average Bonchev–Trinajstić information content (AvgIpc) is 2.16. The molecule has 0 bridgehead atoms. The number of methoxy groups -OCH3 is 1. The van der Waals surface area contributed by atoms with Gasteiger partial charge in [-0.2, -0.15) is 0 Å². The Hall–Kier alpha value is -0.970. The number of thiol groups is 1. The van der Waals surface area contributed by atoms with E-state index in [4.69, 9.17) is 0 Å². The lowest BCUT2D eigenvalue weighted by atomic mass is 9.90. The SMILES string of the molecule is COC(=O)C1CCC=CC1NC(=O)S. The molecule has 1 N–H and O–H groups in total. The Labute approximate surface area is 88.1 Å². The standard InChI is InChI=1S/C9H13NO3S/c1-13-8(11)6-4-2-3-5-7(6)10-9(12)14/h3,5-7H,2,4H2,1H3,(H2,10,12,14). The Morgan fingerprint density at radius 3 is 2.86 bits per heavy atom. The summed E-state index contributed by atoms with van der Waals surface area (Å²) in [6.45, 7) is 0. The van der Waals surface area contributed by atoms with Crippen LogP contribution in [-0.4, -0.2) is 24.4 Å². The lowest BCUT2D eigenvalue weighted by Gasteiger charge is -2.25. The highest BCUT2D eigenvalue weighted by molar-refractivity contribution is 7.96. The number of hydrogen-bond acceptors (Lipinski definition) is 3. The number of rotatable bonds is 2. The van der Waals surface area contributed by atoms with Crippen molar-refractivity contribution in [3.63, 3.8) is 0 Å². The molecule has 2 atom stereocenters. The van der Waals surface area contributed by atoms with Gasteiger partial charge in [-0.1, -0.05) is 24.8 Å². The van der Waals surface area contributed by atoms with Gasteiger partial charge >= 0.3 is 5.97 Å². The molecule has 1 aliphatic carbocycles. The number of allylic oxidation sites excluding steroid dienone is 1. The van der Waals surface area contributed by atoms with E-state index in [-0.39, 0.29) is 17.9 Å². The highest BCUT2D eigenvalue weighted by atomic mass is 32.1. The van der Waals surface area contributed by atoms with Gasteiger partial charge in [0.1, 0.15) is 0 Å². The smallest absolute Gasteiger partial charge is 0.311 e. The number of amides is 1. The molecule has 1 rings (SSSR count). The summed E-state index contributed by atoms with van der Waals surface area (Å²) in [5, 5.41) is 2.15. The zero-order valence-corrected chi connectivity index (χ0v) is 8.79. The van der Waals surface area contributed by atoms with Crippen molar-refractivity contribution in [3.8, 4) is 0 Å². The molecule has 14 heavy (non-hydrogen) atoms. The fourth-order valence-corrected chi connectivity index (χ4v) is 1.69. The highest BCUT2D eigenvalue weighted by Crippen LogP contribution is 2.20. The largest absolute Gasteiger partial charge is 0.469 e. The summed E-state index contributed by atoms with van der Waals surface area (Å²) in [6, 6.07) is -0.291. The summed E-state index contributed by atoms with van der Waals surface area (Å²) in [5.74, 6) is -0.581. The predicted molar refractivity (Wildman–Crippen MR) is 55.2 cm³/mol. The number of esters is 1. The maximum Gasteiger partial charge on any atom is 0.311 e. The van der Waals surface area contributed by atoms with Crippen molar-refractivity contribution >= 4 is 23.8 Å². The van der Waals surface area contributed by atoms with Crippen LogP contribution in [0.15, 0.2) is 12.2 Å². The first-order chi connectivity index (χ1) is 6.65. The second-order valence-electron chi connectivity index (χ2n) is 3.11. The van der Waals surface area contributed by atoms with E-state index in [1.165, 1.54) is 7.11 Å². The molecule has 0 aromatic rings. The second kappa shape index (κ2) is 5.05. The minimum absolute atomic E-state index is 0.290. The molecular formula is C9H13NO3S. The number of ether oxygens (including phenoxy) is 1. The zero-order chi connectivity index (χ0) is 10.6. The Morgan fingerprint density at radius 2 is 2.29 bits per heavy atom. The lowest BCUT2D eigenvalue weighted by Crippen LogP contribution is -2.41. The molecule has 0 radical (unpaired) electrons. The first-order valence-corrected chi connectivity index (χ1v) is 4.84. The zero-order valence-electron chi connectivity index (χ0n) is 7.90. The number of carbonyl (C=O) groups excluding carboxylic acids is 2. The number of nitrogens with one attached hydrogen (secondary N) is 1. The van der Waals surface area contributed by atoms with Gasteiger partial charge in [0.25, 0.3) is 5.24 Å². The number of carbonyl (C=O) groups is 2. The third-order valence-electron chi connectivity index (χ3n) is 2.22. The molecule has 0 aromatic carbocycles. The number of hydrogen-bond donors (Lipinski definition) is 2. The molecule has 4 nitrogen and oxygen atoms in total. The predicted octanol–water partition coefficient (Wildman–Crippen LogP) is 1.13. The van der Waals surface area contributed by atoms with Gasteiger partial charge in [-0.25, -0.2) is 0 Å². The molecule has 78 valence electrons. The van der Waals surface area contributed by atoms with Crippen LogP contribution in [0.4, 0.5) is 4.79 Å². The summed E-state index contributed by atoms with van der Waals surface area (Å²) in [7, 11) is 1.35. The first kappa shape index (κ1) is 11.1. The monoisotopic (exact) mass is 215 g/mol. The van der Waals surface area contributed by atoms with Crippen molar-refractivity contribution in [2.45, 2.75) is 18.9 Å². The quantitative estimate of drug-likeness (QED) is 0.412. The van der Waals surface area contributed by atoms with Crippen LogP contribution >= 0.6 is 12.6 Å². The van der Waals surface area contributed by atoms with Crippen molar-refractivity contribution in [1.82, 2.24) is 5.32 Å². The topological polar surface area (TPSA) is 55.4 Å². The lowest BCUT2D eigenvalue weighted by molar-refractivity contribution is -0.146. The van der Waals surface area contributed by atoms with Crippen LogP contribution in [0, 0.1) is 5.92 Å². The van der Waals surface area contributed by atoms with Crippen LogP contribution in [0.5, 0.6) is 0 Å². The van der Waals surface area contributed by atoms with E-state index in [0.717, 1.165) is 6.42 Å². The van der Waals surface area contributed by atoms with Gasteiger partial charge in [0.15, 0.2) is 0 Å². The van der Waals surface area contributed by atoms with E-state index in [1.807, 2.05) is 6.08 Å². The van der Waals surface area contributed by atoms with E-state index in [9.17, 15) is 9.59 Å². The van der Waals surface area contributed by atoms with Crippen LogP contribution in [0.1, 0.15) is 12.8 Å². The van der Waals surface area contributed by atoms with Crippen molar-refractivity contribution in [3.05, 3.63) is 12.2 Å². The maximum atomic E-state index is 11.3. The van der Waals surface area contributed by atoms with Crippen molar-refractivity contribution in [1.29, 1.82) is 0 Å². The van der Waals surface area contributed by atoms with Crippen molar-refractivity contribution in [2.24, 2.45) is 5.92 Å². The van der Waals surface area contributed by atoms with Gasteiger partial charge in [0.05, 0.1) is 19.1 Å². The van der Waals surface area contributed by atoms with E-state index in [1.54, 1.807) is 6.08 Å². The molecule has 1 aliphatic rings. The molecule has 0 saturated heterocycles. The van der Waals surface area contributed by atoms with Gasteiger partial charge < -0.3 is 10.1 Å². The Balaban J connectivity index is 2.67. The van der Waals surface area contributed by atoms with Crippen LogP contribution < -0.4 is 5.32 Å². The first-order valence-electron chi connectivity index (χ1n) is 4.39. The van der Waals surface area contributed by atoms with Gasteiger partial charge in [0.2, 0.25) is 0 Å². The molecule has 0 heterocycles. The van der Waals surface area contributed by atoms with Gasteiger partial charge in [-0.3, -0.25) is 9.59 Å². The summed E-state index contributed by atoms with van der Waals surface area (Å²) in [5.41, 5.74) is 0. The van der Waals surface area contributed by atoms with Crippen LogP contribution in [0.3, 0.4) is 0 Å². The fraction of sp³-hybridized carbons (Fsp3) is 0.556. The Kier molecular flexibility index (Phi) is 4.00. The van der Waals surface area contributed by atoms with Gasteiger partial charge in [-0.15, -0.1) is 0 Å². The normalized spacial score (nSPS) is 25.6. The minimum Gasteiger partial charge on any atom is -0.469 e. The summed E-state index contributed by atoms with van der Waals surface area (Å²) >= 11 is 3.61. The average molecular weight is 215 g/mol. The summed E-state index contributed by atoms with van der Waals surface area (Å²) in [6.07, 6.45) is 5.27. The maximum absolute atomic E-state index is 11.3. The highest BCUT2D eigenvalue weighted by Gasteiger charge is 2.29. The molecule has 0 spiro atoms. The van der Waals surface area contributed by atoms with E-state index >= 15 is 0 Å². The molecule has 5 heteroatoms. The van der Waals surface area contributed by atoms with Gasteiger partial charge in [0, 0.05) is 0 Å².